The first kappa shape index (κ1) is 14.0. The van der Waals surface area contributed by atoms with E-state index >= 15 is 0 Å². The van der Waals surface area contributed by atoms with Crippen molar-refractivity contribution in [2.45, 2.75) is 12.8 Å². The number of benzene rings is 1. The zero-order valence-electron chi connectivity index (χ0n) is 10.5. The molecule has 0 bridgehead atoms. The van der Waals surface area contributed by atoms with Gasteiger partial charge in [0.25, 0.3) is 0 Å². The summed E-state index contributed by atoms with van der Waals surface area (Å²) in [6, 6.07) is 8.68. The lowest BCUT2D eigenvalue weighted by atomic mass is 10.2. The van der Waals surface area contributed by atoms with Crippen LogP contribution in [0.2, 0.25) is 0 Å². The Morgan fingerprint density at radius 2 is 1.95 bits per heavy atom. The molecule has 0 saturated heterocycles. The van der Waals surface area contributed by atoms with E-state index in [0.717, 1.165) is 0 Å². The molecule has 0 aliphatic heterocycles. The van der Waals surface area contributed by atoms with Gasteiger partial charge in [-0.15, -0.1) is 11.3 Å². The number of carbonyl (C=O) groups is 2. The summed E-state index contributed by atoms with van der Waals surface area (Å²) in [5.74, 6) is -0.866. The summed E-state index contributed by atoms with van der Waals surface area (Å²) in [5.41, 5.74) is 1.35. The first-order valence-electron chi connectivity index (χ1n) is 5.93. The summed E-state index contributed by atoms with van der Waals surface area (Å²) in [6.45, 7) is 0. The lowest BCUT2D eigenvalue weighted by Gasteiger charge is -2.04. The largest absolute Gasteiger partial charge is 0.481 e. The fourth-order valence-electron chi connectivity index (χ4n) is 1.50. The molecule has 0 unspecified atom stereocenters. The fraction of sp³-hybridized carbons (Fsp3) is 0.154. The van der Waals surface area contributed by atoms with Gasteiger partial charge < -0.3 is 10.4 Å². The third-order valence-electron chi connectivity index (χ3n) is 2.40. The van der Waals surface area contributed by atoms with Crippen LogP contribution in [0.1, 0.15) is 12.1 Å². The zero-order valence-corrected chi connectivity index (χ0v) is 11.3. The monoisotopic (exact) mass is 291 g/mol. The number of carboxylic acids is 1. The van der Waals surface area contributed by atoms with Gasteiger partial charge in [0.2, 0.25) is 0 Å². The van der Waals surface area contributed by atoms with Crippen molar-refractivity contribution in [1.82, 2.24) is 4.98 Å². The minimum absolute atomic E-state index is 0.0272. The Labute approximate surface area is 119 Å². The van der Waals surface area contributed by atoms with E-state index in [4.69, 9.17) is 5.11 Å². The number of nitrogens with one attached hydrogen (secondary N) is 2. The molecule has 0 atom stereocenters. The van der Waals surface area contributed by atoms with Crippen LogP contribution >= 0.6 is 11.3 Å². The minimum Gasteiger partial charge on any atom is -0.481 e. The van der Waals surface area contributed by atoms with Crippen molar-refractivity contribution in [3.8, 4) is 0 Å². The molecule has 104 valence electrons. The Hall–Kier alpha value is -2.41. The highest BCUT2D eigenvalue weighted by Crippen LogP contribution is 2.17. The third-order valence-corrected chi connectivity index (χ3v) is 3.21. The number of aliphatic carboxylic acids is 1. The molecule has 1 aromatic carbocycles. The quantitative estimate of drug-likeness (QED) is 0.790. The number of hydrogen-bond donors (Lipinski definition) is 3. The lowest BCUT2D eigenvalue weighted by Crippen LogP contribution is -2.19. The molecule has 0 saturated carbocycles. The van der Waals surface area contributed by atoms with Crippen LogP contribution in [0.3, 0.4) is 0 Å². The van der Waals surface area contributed by atoms with Gasteiger partial charge in [0.1, 0.15) is 0 Å². The summed E-state index contributed by atoms with van der Waals surface area (Å²) in [6.07, 6.45) is 0.382. The van der Waals surface area contributed by atoms with E-state index in [9.17, 15) is 9.59 Å². The van der Waals surface area contributed by atoms with E-state index < -0.39 is 5.97 Å². The topological polar surface area (TPSA) is 91.3 Å². The van der Waals surface area contributed by atoms with Crippen LogP contribution in [0.4, 0.5) is 15.6 Å². The maximum Gasteiger partial charge on any atom is 0.325 e. The van der Waals surface area contributed by atoms with E-state index in [1.807, 2.05) is 18.2 Å². The first-order valence-corrected chi connectivity index (χ1v) is 6.81. The van der Waals surface area contributed by atoms with Crippen LogP contribution < -0.4 is 10.6 Å². The number of rotatable bonds is 5. The molecule has 0 fully saturated rings. The number of thiazole rings is 1. The molecule has 0 spiro atoms. The van der Waals surface area contributed by atoms with E-state index in [1.54, 1.807) is 17.5 Å². The average molecular weight is 291 g/mol. The second-order valence-electron chi connectivity index (χ2n) is 3.98. The van der Waals surface area contributed by atoms with Gasteiger partial charge >= 0.3 is 12.0 Å². The van der Waals surface area contributed by atoms with Crippen LogP contribution in [0.25, 0.3) is 0 Å². The molecule has 0 aliphatic rings. The van der Waals surface area contributed by atoms with Crippen molar-refractivity contribution in [2.75, 3.05) is 10.6 Å². The summed E-state index contributed by atoms with van der Waals surface area (Å²) in [7, 11) is 0. The van der Waals surface area contributed by atoms with Gasteiger partial charge in [0.15, 0.2) is 5.13 Å². The van der Waals surface area contributed by atoms with Gasteiger partial charge in [-0.1, -0.05) is 18.2 Å². The molecular weight excluding hydrogens is 278 g/mol. The Kier molecular flexibility index (Phi) is 4.67. The van der Waals surface area contributed by atoms with Gasteiger partial charge in [-0.2, -0.15) is 0 Å². The van der Waals surface area contributed by atoms with Crippen molar-refractivity contribution in [3.05, 3.63) is 41.4 Å². The number of anilines is 2. The predicted octanol–water partition coefficient (Wildman–Crippen LogP) is 2.80. The van der Waals surface area contributed by atoms with Gasteiger partial charge in [-0.25, -0.2) is 9.78 Å². The van der Waals surface area contributed by atoms with Crippen molar-refractivity contribution in [3.63, 3.8) is 0 Å². The number of carboxylic acid groups (broad SMARTS) is 1. The molecule has 20 heavy (non-hydrogen) atoms. The van der Waals surface area contributed by atoms with Gasteiger partial charge in [0.05, 0.1) is 12.1 Å². The zero-order chi connectivity index (χ0) is 14.4. The van der Waals surface area contributed by atoms with Gasteiger partial charge in [-0.05, 0) is 12.1 Å². The molecular formula is C13H13N3O3S. The van der Waals surface area contributed by atoms with Crippen LogP contribution in [0.5, 0.6) is 0 Å². The van der Waals surface area contributed by atoms with E-state index in [0.29, 0.717) is 22.9 Å². The Morgan fingerprint density at radius 3 is 2.65 bits per heavy atom. The van der Waals surface area contributed by atoms with Gasteiger partial charge in [0, 0.05) is 17.5 Å². The summed E-state index contributed by atoms with van der Waals surface area (Å²) in [4.78, 5) is 26.3. The predicted molar refractivity (Wildman–Crippen MR) is 77.2 cm³/mol. The molecule has 7 heteroatoms. The SMILES string of the molecule is O=C(O)CCc1csc(NC(=O)Nc2ccccc2)n1. The average Bonchev–Trinajstić information content (AvgIpc) is 2.85. The fourth-order valence-corrected chi connectivity index (χ4v) is 2.23. The normalized spacial score (nSPS) is 10.0. The number of aryl methyl sites for hydroxylation is 1. The highest BCUT2D eigenvalue weighted by atomic mass is 32.1. The summed E-state index contributed by atoms with van der Waals surface area (Å²) < 4.78 is 0. The van der Waals surface area contributed by atoms with E-state index in [-0.39, 0.29) is 12.5 Å². The number of amides is 2. The molecule has 1 heterocycles. The van der Waals surface area contributed by atoms with Crippen LogP contribution in [0.15, 0.2) is 35.7 Å². The van der Waals surface area contributed by atoms with E-state index in [2.05, 4.69) is 15.6 Å². The number of hydrogen-bond acceptors (Lipinski definition) is 4. The van der Waals surface area contributed by atoms with Crippen LogP contribution in [0, 0.1) is 0 Å². The van der Waals surface area contributed by atoms with Gasteiger partial charge in [-0.3, -0.25) is 10.1 Å². The molecule has 2 rings (SSSR count). The number of aromatic nitrogens is 1. The highest BCUT2D eigenvalue weighted by Gasteiger charge is 2.07. The second-order valence-corrected chi connectivity index (χ2v) is 4.84. The molecule has 1 aromatic heterocycles. The molecule has 2 amide bonds. The highest BCUT2D eigenvalue weighted by molar-refractivity contribution is 7.13. The Balaban J connectivity index is 1.87. The van der Waals surface area contributed by atoms with E-state index in [1.165, 1.54) is 11.3 Å². The minimum atomic E-state index is -0.866. The lowest BCUT2D eigenvalue weighted by molar-refractivity contribution is -0.136. The maximum absolute atomic E-state index is 11.7. The number of carbonyl (C=O) groups excluding carboxylic acids is 1. The molecule has 6 nitrogen and oxygen atoms in total. The number of nitrogens with zero attached hydrogens (tertiary/aromatic N) is 1. The molecule has 0 radical (unpaired) electrons. The van der Waals surface area contributed by atoms with Crippen LogP contribution in [-0.4, -0.2) is 22.1 Å². The Bertz CT molecular complexity index is 598. The van der Waals surface area contributed by atoms with Crippen molar-refractivity contribution in [1.29, 1.82) is 0 Å². The first-order chi connectivity index (χ1) is 9.63. The Morgan fingerprint density at radius 1 is 1.20 bits per heavy atom. The molecule has 2 aromatic rings. The number of para-hydroxylation sites is 1. The van der Waals surface area contributed by atoms with Crippen molar-refractivity contribution >= 4 is 34.2 Å². The van der Waals surface area contributed by atoms with Crippen molar-refractivity contribution in [2.24, 2.45) is 0 Å². The maximum atomic E-state index is 11.7. The van der Waals surface area contributed by atoms with Crippen LogP contribution in [-0.2, 0) is 11.2 Å². The molecule has 3 N–H and O–H groups in total. The summed E-state index contributed by atoms with van der Waals surface area (Å²) >= 11 is 1.26. The molecule has 0 aliphatic carbocycles. The second kappa shape index (κ2) is 6.67. The number of urea groups is 1. The smallest absolute Gasteiger partial charge is 0.325 e. The third kappa shape index (κ3) is 4.36. The summed E-state index contributed by atoms with van der Waals surface area (Å²) in [5, 5.41) is 16.0. The standard InChI is InChI=1S/C13H13N3O3S/c17-11(18)7-6-10-8-20-13(15-10)16-12(19)14-9-4-2-1-3-5-9/h1-5,8H,6-7H2,(H,17,18)(H2,14,15,16,19). The van der Waals surface area contributed by atoms with Crippen molar-refractivity contribution < 1.29 is 14.7 Å².